The fourth-order valence-electron chi connectivity index (χ4n) is 2.94. The van der Waals surface area contributed by atoms with Crippen LogP contribution in [0.25, 0.3) is 16.2 Å². The third kappa shape index (κ3) is 3.74. The lowest BCUT2D eigenvalue weighted by molar-refractivity contribution is 0.0949. The summed E-state index contributed by atoms with van der Waals surface area (Å²) in [6.07, 6.45) is 1.31. The zero-order chi connectivity index (χ0) is 20.4. The van der Waals surface area contributed by atoms with E-state index in [1.807, 2.05) is 47.8 Å². The van der Waals surface area contributed by atoms with E-state index in [2.05, 4.69) is 10.3 Å². The Morgan fingerprint density at radius 1 is 1.24 bits per heavy atom. The number of fused-ring (bicyclic) bond motifs is 1. The molecule has 146 valence electrons. The van der Waals surface area contributed by atoms with E-state index in [4.69, 9.17) is 16.3 Å². The topological polar surface area (TPSA) is 72.7 Å². The molecular weight excluding hydrogens is 410 g/mol. The number of ether oxygens (including phenoxy) is 1. The number of thiazole rings is 1. The van der Waals surface area contributed by atoms with Crippen molar-refractivity contribution in [1.82, 2.24) is 14.7 Å². The minimum atomic E-state index is -0.500. The summed E-state index contributed by atoms with van der Waals surface area (Å²) in [4.78, 5) is 30.5. The van der Waals surface area contributed by atoms with Crippen LogP contribution in [0.5, 0.6) is 5.75 Å². The summed E-state index contributed by atoms with van der Waals surface area (Å²) in [5, 5.41) is 5.13. The Morgan fingerprint density at radius 2 is 2.07 bits per heavy atom. The van der Waals surface area contributed by atoms with Crippen molar-refractivity contribution in [2.75, 3.05) is 7.11 Å². The Labute approximate surface area is 175 Å². The van der Waals surface area contributed by atoms with Gasteiger partial charge in [-0.25, -0.2) is 4.98 Å². The number of nitrogens with one attached hydrogen (secondary N) is 1. The average molecular weight is 426 g/mol. The molecule has 0 aliphatic rings. The summed E-state index contributed by atoms with van der Waals surface area (Å²) in [5.41, 5.74) is 1.77. The SMILES string of the molecule is COc1cccc(-c2csc3ncc(C(=O)NCc4ccccc4Cl)c(=O)n23)c1. The molecule has 0 saturated heterocycles. The molecule has 0 saturated carbocycles. The molecule has 4 rings (SSSR count). The number of halogens is 1. The average Bonchev–Trinajstić information content (AvgIpc) is 3.18. The zero-order valence-corrected chi connectivity index (χ0v) is 17.0. The summed E-state index contributed by atoms with van der Waals surface area (Å²) >= 11 is 7.45. The van der Waals surface area contributed by atoms with Crippen molar-refractivity contribution in [3.8, 4) is 17.0 Å². The van der Waals surface area contributed by atoms with E-state index in [1.165, 1.54) is 21.9 Å². The van der Waals surface area contributed by atoms with Gasteiger partial charge in [-0.15, -0.1) is 11.3 Å². The van der Waals surface area contributed by atoms with Gasteiger partial charge in [-0.1, -0.05) is 41.9 Å². The van der Waals surface area contributed by atoms with Gasteiger partial charge in [0.05, 0.1) is 12.8 Å². The molecule has 4 aromatic rings. The summed E-state index contributed by atoms with van der Waals surface area (Å²) in [6, 6.07) is 14.6. The summed E-state index contributed by atoms with van der Waals surface area (Å²) in [6.45, 7) is 0.215. The van der Waals surface area contributed by atoms with Crippen LogP contribution in [-0.4, -0.2) is 22.4 Å². The molecule has 0 atom stereocenters. The first-order chi connectivity index (χ1) is 14.1. The minimum absolute atomic E-state index is 0.0305. The van der Waals surface area contributed by atoms with Gasteiger partial charge >= 0.3 is 0 Å². The Morgan fingerprint density at radius 3 is 2.86 bits per heavy atom. The van der Waals surface area contributed by atoms with Gasteiger partial charge in [-0.05, 0) is 23.8 Å². The smallest absolute Gasteiger partial charge is 0.271 e. The molecule has 1 amide bonds. The quantitative estimate of drug-likeness (QED) is 0.524. The molecule has 0 unspecified atom stereocenters. The van der Waals surface area contributed by atoms with Gasteiger partial charge in [0.2, 0.25) is 0 Å². The lowest BCUT2D eigenvalue weighted by Crippen LogP contribution is -2.31. The second-order valence-corrected chi connectivity index (χ2v) is 7.47. The van der Waals surface area contributed by atoms with Crippen LogP contribution in [0.2, 0.25) is 5.02 Å². The van der Waals surface area contributed by atoms with Crippen LogP contribution in [0.15, 0.2) is 64.9 Å². The van der Waals surface area contributed by atoms with Crippen molar-refractivity contribution in [1.29, 1.82) is 0 Å². The van der Waals surface area contributed by atoms with Crippen molar-refractivity contribution in [2.45, 2.75) is 6.54 Å². The third-order valence-electron chi connectivity index (χ3n) is 4.45. The summed E-state index contributed by atoms with van der Waals surface area (Å²) < 4.78 is 6.71. The first-order valence-corrected chi connectivity index (χ1v) is 9.99. The normalized spacial score (nSPS) is 10.8. The first-order valence-electron chi connectivity index (χ1n) is 8.74. The van der Waals surface area contributed by atoms with Crippen molar-refractivity contribution in [3.63, 3.8) is 0 Å². The number of benzene rings is 2. The number of nitrogens with zero attached hydrogens (tertiary/aromatic N) is 2. The lowest BCUT2D eigenvalue weighted by atomic mass is 10.1. The maximum Gasteiger partial charge on any atom is 0.271 e. The predicted octanol–water partition coefficient (Wildman–Crippen LogP) is 4.02. The predicted molar refractivity (Wildman–Crippen MR) is 114 cm³/mol. The zero-order valence-electron chi connectivity index (χ0n) is 15.4. The standard InChI is InChI=1S/C21H16ClN3O3S/c1-28-15-7-4-6-13(9-15)18-12-29-21-24-11-16(20(27)25(18)21)19(26)23-10-14-5-2-3-8-17(14)22/h2-9,11-12H,10H2,1H3,(H,23,26). The Kier molecular flexibility index (Phi) is 5.33. The lowest BCUT2D eigenvalue weighted by Gasteiger charge is -2.08. The van der Waals surface area contributed by atoms with Crippen LogP contribution in [0.1, 0.15) is 15.9 Å². The number of carbonyl (C=O) groups excluding carboxylic acids is 1. The molecule has 6 nitrogen and oxygen atoms in total. The van der Waals surface area contributed by atoms with Crippen LogP contribution in [-0.2, 0) is 6.54 Å². The van der Waals surface area contributed by atoms with Gasteiger partial charge in [0.25, 0.3) is 11.5 Å². The van der Waals surface area contributed by atoms with E-state index in [0.29, 0.717) is 21.4 Å². The molecule has 2 heterocycles. The maximum atomic E-state index is 13.1. The Bertz CT molecular complexity index is 1270. The van der Waals surface area contributed by atoms with Gasteiger partial charge < -0.3 is 10.1 Å². The van der Waals surface area contributed by atoms with E-state index >= 15 is 0 Å². The highest BCUT2D eigenvalue weighted by molar-refractivity contribution is 7.15. The molecule has 29 heavy (non-hydrogen) atoms. The molecule has 1 N–H and O–H groups in total. The summed E-state index contributed by atoms with van der Waals surface area (Å²) in [5.74, 6) is 0.177. The van der Waals surface area contributed by atoms with Crippen LogP contribution >= 0.6 is 22.9 Å². The molecule has 0 fully saturated rings. The molecule has 0 spiro atoms. The second kappa shape index (κ2) is 8.06. The van der Waals surface area contributed by atoms with Crippen molar-refractivity contribution in [3.05, 3.63) is 86.6 Å². The molecule has 0 aliphatic heterocycles. The molecule has 0 aliphatic carbocycles. The van der Waals surface area contributed by atoms with E-state index in [0.717, 1.165) is 11.1 Å². The second-order valence-electron chi connectivity index (χ2n) is 6.22. The molecule has 0 bridgehead atoms. The number of carbonyl (C=O) groups is 1. The number of amides is 1. The fourth-order valence-corrected chi connectivity index (χ4v) is 4.01. The number of aromatic nitrogens is 2. The van der Waals surface area contributed by atoms with Crippen LogP contribution in [0.4, 0.5) is 0 Å². The number of rotatable bonds is 5. The monoisotopic (exact) mass is 425 g/mol. The Balaban J connectivity index is 1.69. The van der Waals surface area contributed by atoms with Gasteiger partial charge in [0, 0.05) is 28.7 Å². The van der Waals surface area contributed by atoms with Crippen molar-refractivity contribution < 1.29 is 9.53 Å². The number of methoxy groups -OCH3 is 1. The number of hydrogen-bond donors (Lipinski definition) is 1. The molecule has 2 aromatic carbocycles. The van der Waals surface area contributed by atoms with Gasteiger partial charge in [0.1, 0.15) is 11.3 Å². The van der Waals surface area contributed by atoms with Gasteiger partial charge in [-0.2, -0.15) is 0 Å². The highest BCUT2D eigenvalue weighted by Gasteiger charge is 2.17. The summed E-state index contributed by atoms with van der Waals surface area (Å²) in [7, 11) is 1.58. The van der Waals surface area contributed by atoms with E-state index in [1.54, 1.807) is 13.2 Å². The molecule has 2 aromatic heterocycles. The maximum absolute atomic E-state index is 13.1. The van der Waals surface area contributed by atoms with E-state index in [9.17, 15) is 9.59 Å². The van der Waals surface area contributed by atoms with E-state index < -0.39 is 11.5 Å². The molecule has 0 radical (unpaired) electrons. The fraction of sp³-hybridized carbons (Fsp3) is 0.0952. The van der Waals surface area contributed by atoms with Crippen LogP contribution < -0.4 is 15.6 Å². The van der Waals surface area contributed by atoms with Crippen LogP contribution in [0, 0.1) is 0 Å². The Hall–Kier alpha value is -3.16. The highest BCUT2D eigenvalue weighted by Crippen LogP contribution is 2.27. The van der Waals surface area contributed by atoms with Gasteiger partial charge in [0.15, 0.2) is 4.96 Å². The molecular formula is C21H16ClN3O3S. The van der Waals surface area contributed by atoms with E-state index in [-0.39, 0.29) is 12.1 Å². The third-order valence-corrected chi connectivity index (χ3v) is 5.66. The van der Waals surface area contributed by atoms with Crippen molar-refractivity contribution in [2.24, 2.45) is 0 Å². The van der Waals surface area contributed by atoms with Crippen LogP contribution in [0.3, 0.4) is 0 Å². The molecule has 8 heteroatoms. The minimum Gasteiger partial charge on any atom is -0.497 e. The number of hydrogen-bond acceptors (Lipinski definition) is 5. The first kappa shape index (κ1) is 19.2. The van der Waals surface area contributed by atoms with Gasteiger partial charge in [-0.3, -0.25) is 14.0 Å². The van der Waals surface area contributed by atoms with Crippen molar-refractivity contribution >= 4 is 33.8 Å². The largest absolute Gasteiger partial charge is 0.497 e. The highest BCUT2D eigenvalue weighted by atomic mass is 35.5.